The van der Waals surface area contributed by atoms with Gasteiger partial charge in [0.25, 0.3) is 0 Å². The zero-order chi connectivity index (χ0) is 17.1. The summed E-state index contributed by atoms with van der Waals surface area (Å²) in [4.78, 5) is 2.15. The van der Waals surface area contributed by atoms with Crippen LogP contribution in [-0.2, 0) is 0 Å². The fraction of sp³-hybridized carbons (Fsp3) is 0.190. The standard InChI is InChI=1S/C21H22N2S/c1-4-23(20-11-7-9-17-8-5-6-10-18(17)20)21(24)22-19-13-12-15(2)14-16(19)3/h5-14H,4H2,1-3H3,(H,22,24). The maximum Gasteiger partial charge on any atom is 0.177 e. The number of hydrogen-bond donors (Lipinski definition) is 1. The molecule has 0 aliphatic rings. The average Bonchev–Trinajstić information content (AvgIpc) is 2.58. The predicted octanol–water partition coefficient (Wildman–Crippen LogP) is 5.68. The molecule has 24 heavy (non-hydrogen) atoms. The highest BCUT2D eigenvalue weighted by Crippen LogP contribution is 2.27. The van der Waals surface area contributed by atoms with Gasteiger partial charge in [-0.25, -0.2) is 0 Å². The third kappa shape index (κ3) is 3.26. The van der Waals surface area contributed by atoms with E-state index in [2.05, 4.69) is 91.7 Å². The van der Waals surface area contributed by atoms with Crippen LogP contribution in [0.5, 0.6) is 0 Å². The van der Waals surface area contributed by atoms with Crippen molar-refractivity contribution in [3.8, 4) is 0 Å². The molecule has 0 aliphatic carbocycles. The molecule has 2 nitrogen and oxygen atoms in total. The van der Waals surface area contributed by atoms with Crippen molar-refractivity contribution in [1.82, 2.24) is 0 Å². The molecule has 0 spiro atoms. The number of nitrogens with one attached hydrogen (secondary N) is 1. The molecule has 0 bridgehead atoms. The van der Waals surface area contributed by atoms with E-state index in [9.17, 15) is 0 Å². The lowest BCUT2D eigenvalue weighted by Crippen LogP contribution is -2.34. The van der Waals surface area contributed by atoms with Crippen molar-refractivity contribution in [3.05, 3.63) is 71.8 Å². The van der Waals surface area contributed by atoms with E-state index in [1.165, 1.54) is 21.9 Å². The van der Waals surface area contributed by atoms with E-state index in [0.717, 1.165) is 23.0 Å². The number of aryl methyl sites for hydroxylation is 2. The Morgan fingerprint density at radius 2 is 1.75 bits per heavy atom. The molecule has 1 N–H and O–H groups in total. The second kappa shape index (κ2) is 7.02. The number of rotatable bonds is 3. The minimum Gasteiger partial charge on any atom is -0.332 e. The number of anilines is 2. The lowest BCUT2D eigenvalue weighted by atomic mass is 10.1. The fourth-order valence-corrected chi connectivity index (χ4v) is 3.34. The molecule has 3 heteroatoms. The Bertz CT molecular complexity index is 881. The highest BCUT2D eigenvalue weighted by atomic mass is 32.1. The van der Waals surface area contributed by atoms with Crippen molar-refractivity contribution in [2.24, 2.45) is 0 Å². The third-order valence-corrected chi connectivity index (χ3v) is 4.56. The second-order valence-corrected chi connectivity index (χ2v) is 6.38. The van der Waals surface area contributed by atoms with E-state index >= 15 is 0 Å². The molecule has 0 radical (unpaired) electrons. The van der Waals surface area contributed by atoms with Gasteiger partial charge >= 0.3 is 0 Å². The predicted molar refractivity (Wildman–Crippen MR) is 109 cm³/mol. The van der Waals surface area contributed by atoms with E-state index in [1.54, 1.807) is 0 Å². The number of nitrogens with zero attached hydrogens (tertiary/aromatic N) is 1. The van der Waals surface area contributed by atoms with Crippen LogP contribution in [0.4, 0.5) is 11.4 Å². The molecule has 0 saturated carbocycles. The van der Waals surface area contributed by atoms with Gasteiger partial charge in [-0.3, -0.25) is 0 Å². The van der Waals surface area contributed by atoms with Gasteiger partial charge in [0, 0.05) is 17.6 Å². The SMILES string of the molecule is CCN(C(=S)Nc1ccc(C)cc1C)c1cccc2ccccc12. The molecule has 0 aliphatic heterocycles. The van der Waals surface area contributed by atoms with Crippen molar-refractivity contribution in [2.45, 2.75) is 20.8 Å². The van der Waals surface area contributed by atoms with E-state index in [4.69, 9.17) is 12.2 Å². The molecule has 0 atom stereocenters. The topological polar surface area (TPSA) is 15.3 Å². The van der Waals surface area contributed by atoms with Crippen LogP contribution in [0.2, 0.25) is 0 Å². The van der Waals surface area contributed by atoms with Gasteiger partial charge in [-0.1, -0.05) is 54.1 Å². The first-order valence-electron chi connectivity index (χ1n) is 8.23. The quantitative estimate of drug-likeness (QED) is 0.620. The highest BCUT2D eigenvalue weighted by Gasteiger charge is 2.13. The van der Waals surface area contributed by atoms with Crippen LogP contribution in [0.1, 0.15) is 18.1 Å². The van der Waals surface area contributed by atoms with Crippen molar-refractivity contribution in [2.75, 3.05) is 16.8 Å². The Labute approximate surface area is 149 Å². The smallest absolute Gasteiger partial charge is 0.177 e. The van der Waals surface area contributed by atoms with Crippen LogP contribution < -0.4 is 10.2 Å². The summed E-state index contributed by atoms with van der Waals surface area (Å²) in [5, 5.41) is 6.57. The van der Waals surface area contributed by atoms with E-state index in [-0.39, 0.29) is 0 Å². The molecule has 0 fully saturated rings. The average molecular weight is 334 g/mol. The van der Waals surface area contributed by atoms with Gasteiger partial charge in [0.05, 0.1) is 5.69 Å². The molecule has 0 heterocycles. The van der Waals surface area contributed by atoms with Gasteiger partial charge in [-0.2, -0.15) is 0 Å². The van der Waals surface area contributed by atoms with E-state index < -0.39 is 0 Å². The number of hydrogen-bond acceptors (Lipinski definition) is 1. The van der Waals surface area contributed by atoms with Gasteiger partial charge in [0.15, 0.2) is 5.11 Å². The first-order valence-corrected chi connectivity index (χ1v) is 8.64. The van der Waals surface area contributed by atoms with Crippen LogP contribution in [0.15, 0.2) is 60.7 Å². The van der Waals surface area contributed by atoms with Crippen molar-refractivity contribution in [3.63, 3.8) is 0 Å². The van der Waals surface area contributed by atoms with Crippen LogP contribution in [0, 0.1) is 13.8 Å². The lowest BCUT2D eigenvalue weighted by Gasteiger charge is -2.26. The van der Waals surface area contributed by atoms with Crippen LogP contribution in [0.3, 0.4) is 0 Å². The summed E-state index contributed by atoms with van der Waals surface area (Å²) in [7, 11) is 0. The Balaban J connectivity index is 1.94. The van der Waals surface area contributed by atoms with Crippen molar-refractivity contribution in [1.29, 1.82) is 0 Å². The zero-order valence-electron chi connectivity index (χ0n) is 14.3. The molecule has 3 rings (SSSR count). The maximum atomic E-state index is 5.71. The first kappa shape index (κ1) is 16.5. The lowest BCUT2D eigenvalue weighted by molar-refractivity contribution is 1.07. The van der Waals surface area contributed by atoms with E-state index in [0.29, 0.717) is 0 Å². The second-order valence-electron chi connectivity index (χ2n) is 5.99. The van der Waals surface area contributed by atoms with Gasteiger partial charge in [0.2, 0.25) is 0 Å². The minimum absolute atomic E-state index is 0.723. The molecule has 0 amide bonds. The van der Waals surface area contributed by atoms with Crippen LogP contribution in [0.25, 0.3) is 10.8 Å². The minimum atomic E-state index is 0.723. The molecule has 0 saturated heterocycles. The largest absolute Gasteiger partial charge is 0.332 e. The number of benzene rings is 3. The summed E-state index contributed by atoms with van der Waals surface area (Å²) in [6, 6.07) is 21.1. The number of thiocarbonyl (C=S) groups is 1. The summed E-state index contributed by atoms with van der Waals surface area (Å²) in [6.07, 6.45) is 0. The normalized spacial score (nSPS) is 10.6. The molecule has 122 valence electrons. The van der Waals surface area contributed by atoms with Gasteiger partial charge in [-0.15, -0.1) is 0 Å². The summed E-state index contributed by atoms with van der Waals surface area (Å²) in [6.45, 7) is 7.14. The molecule has 3 aromatic rings. The summed E-state index contributed by atoms with van der Waals surface area (Å²) in [5.41, 5.74) is 4.65. The van der Waals surface area contributed by atoms with Crippen LogP contribution in [-0.4, -0.2) is 11.7 Å². The van der Waals surface area contributed by atoms with Gasteiger partial charge in [0.1, 0.15) is 0 Å². The fourth-order valence-electron chi connectivity index (χ4n) is 3.00. The third-order valence-electron chi connectivity index (χ3n) is 4.24. The monoisotopic (exact) mass is 334 g/mol. The zero-order valence-corrected chi connectivity index (χ0v) is 15.2. The summed E-state index contributed by atoms with van der Waals surface area (Å²) in [5.74, 6) is 0. The Morgan fingerprint density at radius 1 is 1.00 bits per heavy atom. The van der Waals surface area contributed by atoms with Gasteiger partial charge < -0.3 is 10.2 Å². The Hall–Kier alpha value is -2.39. The van der Waals surface area contributed by atoms with Crippen molar-refractivity contribution < 1.29 is 0 Å². The van der Waals surface area contributed by atoms with Crippen molar-refractivity contribution >= 4 is 39.5 Å². The summed E-state index contributed by atoms with van der Waals surface area (Å²) < 4.78 is 0. The summed E-state index contributed by atoms with van der Waals surface area (Å²) >= 11 is 5.71. The van der Waals surface area contributed by atoms with Gasteiger partial charge in [-0.05, 0) is 56.1 Å². The maximum absolute atomic E-state index is 5.71. The first-order chi connectivity index (χ1) is 11.6. The molecule has 0 unspecified atom stereocenters. The Kier molecular flexibility index (Phi) is 4.81. The highest BCUT2D eigenvalue weighted by molar-refractivity contribution is 7.80. The van der Waals surface area contributed by atoms with Crippen LogP contribution >= 0.6 is 12.2 Å². The molecule has 0 aromatic heterocycles. The number of fused-ring (bicyclic) bond motifs is 1. The van der Waals surface area contributed by atoms with E-state index in [1.807, 2.05) is 0 Å². The Morgan fingerprint density at radius 3 is 2.50 bits per heavy atom. The molecular formula is C21H22N2S. The molecular weight excluding hydrogens is 312 g/mol. The molecule has 3 aromatic carbocycles.